The van der Waals surface area contributed by atoms with Gasteiger partial charge in [-0.1, -0.05) is 6.92 Å². The van der Waals surface area contributed by atoms with Crippen molar-refractivity contribution >= 4 is 0 Å². The lowest BCUT2D eigenvalue weighted by molar-refractivity contribution is -0.0918. The summed E-state index contributed by atoms with van der Waals surface area (Å²) in [5.74, 6) is 0. The second kappa shape index (κ2) is 3.25. The number of rotatable bonds is 1. The highest BCUT2D eigenvalue weighted by atomic mass is 16.5. The SMILES string of the molecule is CCC1(O)CCC2(CCCO2)CC1. The first-order valence-electron chi connectivity index (χ1n) is 5.54. The monoisotopic (exact) mass is 184 g/mol. The average Bonchev–Trinajstić information content (AvgIpc) is 2.61. The molecule has 1 N–H and O–H groups in total. The molecule has 13 heavy (non-hydrogen) atoms. The maximum atomic E-state index is 10.1. The zero-order chi connectivity index (χ0) is 9.36. The van der Waals surface area contributed by atoms with Gasteiger partial charge in [-0.15, -0.1) is 0 Å². The van der Waals surface area contributed by atoms with Crippen molar-refractivity contribution in [2.24, 2.45) is 0 Å². The molecule has 2 rings (SSSR count). The molecule has 76 valence electrons. The van der Waals surface area contributed by atoms with Gasteiger partial charge in [0.1, 0.15) is 0 Å². The van der Waals surface area contributed by atoms with Gasteiger partial charge in [-0.25, -0.2) is 0 Å². The maximum Gasteiger partial charge on any atom is 0.0685 e. The molecule has 1 spiro atoms. The first-order chi connectivity index (χ1) is 6.18. The van der Waals surface area contributed by atoms with E-state index < -0.39 is 0 Å². The Kier molecular flexibility index (Phi) is 2.37. The fourth-order valence-corrected chi connectivity index (χ4v) is 2.67. The van der Waals surface area contributed by atoms with E-state index in [1.165, 1.54) is 12.8 Å². The van der Waals surface area contributed by atoms with E-state index in [0.717, 1.165) is 38.7 Å². The summed E-state index contributed by atoms with van der Waals surface area (Å²) in [6.07, 6.45) is 7.32. The number of aliphatic hydroxyl groups is 1. The first-order valence-corrected chi connectivity index (χ1v) is 5.54. The third-order valence-corrected chi connectivity index (χ3v) is 3.94. The Morgan fingerprint density at radius 1 is 1.15 bits per heavy atom. The van der Waals surface area contributed by atoms with Gasteiger partial charge in [0.05, 0.1) is 11.2 Å². The number of hydrogen-bond acceptors (Lipinski definition) is 2. The molecule has 0 amide bonds. The molecular formula is C11H20O2. The Bertz CT molecular complexity index is 173. The number of hydrogen-bond donors (Lipinski definition) is 1. The van der Waals surface area contributed by atoms with Crippen LogP contribution in [0.15, 0.2) is 0 Å². The van der Waals surface area contributed by atoms with Crippen molar-refractivity contribution in [3.05, 3.63) is 0 Å². The third kappa shape index (κ3) is 1.75. The highest BCUT2D eigenvalue weighted by molar-refractivity contribution is 4.95. The van der Waals surface area contributed by atoms with Gasteiger partial charge in [-0.2, -0.15) is 0 Å². The van der Waals surface area contributed by atoms with Gasteiger partial charge < -0.3 is 9.84 Å². The van der Waals surface area contributed by atoms with Crippen molar-refractivity contribution < 1.29 is 9.84 Å². The molecule has 2 fully saturated rings. The smallest absolute Gasteiger partial charge is 0.0685 e. The minimum absolute atomic E-state index is 0.168. The first kappa shape index (κ1) is 9.47. The van der Waals surface area contributed by atoms with Crippen molar-refractivity contribution in [1.82, 2.24) is 0 Å². The lowest BCUT2D eigenvalue weighted by Gasteiger charge is -2.41. The summed E-state index contributed by atoms with van der Waals surface area (Å²) in [6.45, 7) is 3.01. The molecule has 0 aromatic carbocycles. The quantitative estimate of drug-likeness (QED) is 0.677. The molecule has 2 heteroatoms. The minimum atomic E-state index is -0.378. The van der Waals surface area contributed by atoms with Gasteiger partial charge >= 0.3 is 0 Å². The van der Waals surface area contributed by atoms with Crippen LogP contribution in [0, 0.1) is 0 Å². The molecule has 2 nitrogen and oxygen atoms in total. The van der Waals surface area contributed by atoms with Crippen LogP contribution in [0.1, 0.15) is 51.9 Å². The van der Waals surface area contributed by atoms with Crippen LogP contribution in [0.3, 0.4) is 0 Å². The summed E-state index contributed by atoms with van der Waals surface area (Å²) in [4.78, 5) is 0. The van der Waals surface area contributed by atoms with Crippen molar-refractivity contribution in [1.29, 1.82) is 0 Å². The molecule has 0 unspecified atom stereocenters. The van der Waals surface area contributed by atoms with Crippen LogP contribution in [-0.4, -0.2) is 22.9 Å². The van der Waals surface area contributed by atoms with Crippen LogP contribution in [0.2, 0.25) is 0 Å². The highest BCUT2D eigenvalue weighted by Crippen LogP contribution is 2.43. The molecule has 0 bridgehead atoms. The molecule has 1 saturated carbocycles. The van der Waals surface area contributed by atoms with E-state index in [0.29, 0.717) is 0 Å². The van der Waals surface area contributed by atoms with E-state index in [1.54, 1.807) is 0 Å². The third-order valence-electron chi connectivity index (χ3n) is 3.94. The Morgan fingerprint density at radius 3 is 2.31 bits per heavy atom. The van der Waals surface area contributed by atoms with E-state index >= 15 is 0 Å². The zero-order valence-electron chi connectivity index (χ0n) is 8.51. The molecular weight excluding hydrogens is 164 g/mol. The lowest BCUT2D eigenvalue weighted by atomic mass is 9.74. The second-order valence-corrected chi connectivity index (χ2v) is 4.71. The van der Waals surface area contributed by atoms with Crippen LogP contribution in [0.25, 0.3) is 0 Å². The van der Waals surface area contributed by atoms with Gasteiger partial charge in [-0.05, 0) is 44.9 Å². The normalized spacial score (nSPS) is 45.7. The van der Waals surface area contributed by atoms with Crippen molar-refractivity contribution in [3.8, 4) is 0 Å². The predicted molar refractivity (Wildman–Crippen MR) is 51.6 cm³/mol. The fraction of sp³-hybridized carbons (Fsp3) is 1.00. The van der Waals surface area contributed by atoms with Crippen LogP contribution >= 0.6 is 0 Å². The van der Waals surface area contributed by atoms with E-state index in [4.69, 9.17) is 4.74 Å². The highest BCUT2D eigenvalue weighted by Gasteiger charge is 2.43. The standard InChI is InChI=1S/C11H20O2/c1-2-10(12)5-7-11(8-6-10)4-3-9-13-11/h12H,2-9H2,1H3. The molecule has 1 aliphatic carbocycles. The molecule has 1 saturated heterocycles. The van der Waals surface area contributed by atoms with E-state index in [2.05, 4.69) is 6.92 Å². The van der Waals surface area contributed by atoms with E-state index in [-0.39, 0.29) is 11.2 Å². The summed E-state index contributed by atoms with van der Waals surface area (Å²) in [6, 6.07) is 0. The van der Waals surface area contributed by atoms with Gasteiger partial charge in [0, 0.05) is 6.61 Å². The molecule has 0 aromatic heterocycles. The molecule has 0 aromatic rings. The topological polar surface area (TPSA) is 29.5 Å². The summed E-state index contributed by atoms with van der Waals surface area (Å²) < 4.78 is 5.81. The van der Waals surface area contributed by atoms with Gasteiger partial charge in [0.25, 0.3) is 0 Å². The molecule has 2 aliphatic rings. The lowest BCUT2D eigenvalue weighted by Crippen LogP contribution is -2.42. The van der Waals surface area contributed by atoms with E-state index in [9.17, 15) is 5.11 Å². The fourth-order valence-electron chi connectivity index (χ4n) is 2.67. The Hall–Kier alpha value is -0.0800. The van der Waals surface area contributed by atoms with Crippen LogP contribution in [0.4, 0.5) is 0 Å². The number of ether oxygens (including phenoxy) is 1. The summed E-state index contributed by atoms with van der Waals surface area (Å²) in [5.41, 5.74) is -0.210. The second-order valence-electron chi connectivity index (χ2n) is 4.71. The summed E-state index contributed by atoms with van der Waals surface area (Å²) >= 11 is 0. The average molecular weight is 184 g/mol. The summed E-state index contributed by atoms with van der Waals surface area (Å²) in [5, 5.41) is 10.1. The molecule has 1 aliphatic heterocycles. The van der Waals surface area contributed by atoms with E-state index in [1.807, 2.05) is 0 Å². The van der Waals surface area contributed by atoms with Crippen molar-refractivity contribution in [2.75, 3.05) is 6.61 Å². The minimum Gasteiger partial charge on any atom is -0.390 e. The van der Waals surface area contributed by atoms with Gasteiger partial charge in [-0.3, -0.25) is 0 Å². The predicted octanol–water partition coefficient (Wildman–Crippen LogP) is 2.25. The Labute approximate surface area is 80.3 Å². The maximum absolute atomic E-state index is 10.1. The summed E-state index contributed by atoms with van der Waals surface area (Å²) in [7, 11) is 0. The van der Waals surface area contributed by atoms with Crippen LogP contribution in [-0.2, 0) is 4.74 Å². The van der Waals surface area contributed by atoms with Crippen LogP contribution < -0.4 is 0 Å². The van der Waals surface area contributed by atoms with Crippen molar-refractivity contribution in [2.45, 2.75) is 63.1 Å². The largest absolute Gasteiger partial charge is 0.390 e. The van der Waals surface area contributed by atoms with Gasteiger partial charge in [0.15, 0.2) is 0 Å². The zero-order valence-corrected chi connectivity index (χ0v) is 8.51. The Balaban J connectivity index is 1.95. The molecule has 0 atom stereocenters. The molecule has 0 radical (unpaired) electrons. The van der Waals surface area contributed by atoms with Crippen LogP contribution in [0.5, 0.6) is 0 Å². The molecule has 1 heterocycles. The van der Waals surface area contributed by atoms with Crippen molar-refractivity contribution in [3.63, 3.8) is 0 Å². The Morgan fingerprint density at radius 2 is 1.85 bits per heavy atom. The van der Waals surface area contributed by atoms with Gasteiger partial charge in [0.2, 0.25) is 0 Å².